The van der Waals surface area contributed by atoms with Crippen molar-refractivity contribution in [3.05, 3.63) is 53.3 Å². The Kier molecular flexibility index (Phi) is 5.96. The number of amides is 1. The van der Waals surface area contributed by atoms with Gasteiger partial charge in [-0.15, -0.1) is 0 Å². The molecular weight excluding hydrogens is 386 g/mol. The third-order valence-corrected chi connectivity index (χ3v) is 4.12. The molecule has 3 rings (SSSR count). The number of fused-ring (bicyclic) bond motifs is 1. The van der Waals surface area contributed by atoms with Gasteiger partial charge in [0, 0.05) is 16.5 Å². The monoisotopic (exact) mass is 404 g/mol. The van der Waals surface area contributed by atoms with E-state index in [4.69, 9.17) is 13.9 Å². The number of hydrogen-bond acceptors (Lipinski definition) is 6. The molecule has 0 saturated carbocycles. The van der Waals surface area contributed by atoms with Crippen LogP contribution in [0.4, 0.5) is 8.78 Å². The number of halogens is 2. The molecule has 0 aliphatic rings. The second-order valence-corrected chi connectivity index (χ2v) is 5.88. The van der Waals surface area contributed by atoms with Crippen molar-refractivity contribution in [2.45, 2.75) is 13.5 Å². The van der Waals surface area contributed by atoms with E-state index in [1.54, 1.807) is 13.0 Å². The van der Waals surface area contributed by atoms with Crippen LogP contribution in [0.3, 0.4) is 0 Å². The van der Waals surface area contributed by atoms with E-state index in [0.717, 1.165) is 5.39 Å². The zero-order chi connectivity index (χ0) is 21.0. The molecule has 0 atom stereocenters. The van der Waals surface area contributed by atoms with E-state index in [9.17, 15) is 13.6 Å². The molecule has 0 aliphatic heterocycles. The fourth-order valence-electron chi connectivity index (χ4n) is 2.79. The molecule has 0 spiro atoms. The fraction of sp³-hybridized carbons (Fsp3) is 0.200. The highest BCUT2D eigenvalue weighted by atomic mass is 19.3. The Morgan fingerprint density at radius 2 is 1.83 bits per heavy atom. The number of carbonyl (C=O) groups excluding carboxylic acids is 1. The summed E-state index contributed by atoms with van der Waals surface area (Å²) >= 11 is 0. The third kappa shape index (κ3) is 4.29. The van der Waals surface area contributed by atoms with Crippen LogP contribution in [-0.2, 0) is 0 Å². The highest BCUT2D eigenvalue weighted by Crippen LogP contribution is 2.39. The van der Waals surface area contributed by atoms with Gasteiger partial charge >= 0.3 is 12.5 Å². The lowest BCUT2D eigenvalue weighted by atomic mass is 10.1. The van der Waals surface area contributed by atoms with Crippen LogP contribution in [0.2, 0.25) is 0 Å². The molecule has 0 radical (unpaired) electrons. The number of hydrogen-bond donors (Lipinski definition) is 1. The number of para-hydroxylation sites is 1. The molecule has 1 aromatic heterocycles. The number of hydrazone groups is 1. The van der Waals surface area contributed by atoms with Gasteiger partial charge in [0.15, 0.2) is 17.3 Å². The number of alkyl halides is 2. The number of rotatable bonds is 7. The average molecular weight is 404 g/mol. The van der Waals surface area contributed by atoms with E-state index in [0.29, 0.717) is 16.7 Å². The van der Waals surface area contributed by atoms with Gasteiger partial charge in [0.25, 0.3) is 0 Å². The first kappa shape index (κ1) is 20.1. The largest absolute Gasteiger partial charge is 0.493 e. The number of nitrogens with one attached hydrogen (secondary N) is 1. The molecule has 3 aromatic rings. The quantitative estimate of drug-likeness (QED) is 0.473. The lowest BCUT2D eigenvalue weighted by Gasteiger charge is -2.14. The van der Waals surface area contributed by atoms with E-state index in [2.05, 4.69) is 15.3 Å². The predicted octanol–water partition coefficient (Wildman–Crippen LogP) is 4.12. The molecule has 7 nitrogen and oxygen atoms in total. The van der Waals surface area contributed by atoms with Crippen molar-refractivity contribution in [3.8, 4) is 17.2 Å². The Morgan fingerprint density at radius 3 is 2.41 bits per heavy atom. The molecule has 29 heavy (non-hydrogen) atoms. The van der Waals surface area contributed by atoms with Crippen molar-refractivity contribution in [1.29, 1.82) is 0 Å². The zero-order valence-electron chi connectivity index (χ0n) is 15.9. The summed E-state index contributed by atoms with van der Waals surface area (Å²) in [6.07, 6.45) is 1.31. The summed E-state index contributed by atoms with van der Waals surface area (Å²) in [5, 5.41) is 4.72. The van der Waals surface area contributed by atoms with Crippen LogP contribution < -0.4 is 19.6 Å². The van der Waals surface area contributed by atoms with E-state index in [-0.39, 0.29) is 23.0 Å². The first-order valence-corrected chi connectivity index (χ1v) is 8.47. The molecule has 0 fully saturated rings. The number of benzene rings is 2. The van der Waals surface area contributed by atoms with Crippen molar-refractivity contribution in [1.82, 2.24) is 5.43 Å². The Balaban J connectivity index is 1.80. The van der Waals surface area contributed by atoms with E-state index < -0.39 is 12.5 Å². The van der Waals surface area contributed by atoms with Crippen LogP contribution in [-0.4, -0.2) is 33.0 Å². The van der Waals surface area contributed by atoms with Crippen LogP contribution >= 0.6 is 0 Å². The van der Waals surface area contributed by atoms with Gasteiger partial charge in [0.1, 0.15) is 5.58 Å². The van der Waals surface area contributed by atoms with Gasteiger partial charge in [-0.3, -0.25) is 4.79 Å². The van der Waals surface area contributed by atoms with Crippen molar-refractivity contribution < 1.29 is 32.2 Å². The van der Waals surface area contributed by atoms with Gasteiger partial charge in [-0.1, -0.05) is 18.2 Å². The Bertz CT molecular complexity index is 1040. The highest BCUT2D eigenvalue weighted by Gasteiger charge is 2.19. The topological polar surface area (TPSA) is 82.3 Å². The maximum Gasteiger partial charge on any atom is 0.387 e. The first-order chi connectivity index (χ1) is 13.9. The number of methoxy groups -OCH3 is 2. The summed E-state index contributed by atoms with van der Waals surface area (Å²) in [6.45, 7) is -1.26. The van der Waals surface area contributed by atoms with E-state index >= 15 is 0 Å². The minimum Gasteiger partial charge on any atom is -0.493 e. The highest BCUT2D eigenvalue weighted by molar-refractivity contribution is 5.99. The van der Waals surface area contributed by atoms with Gasteiger partial charge in [0.2, 0.25) is 5.75 Å². The predicted molar refractivity (Wildman–Crippen MR) is 102 cm³/mol. The Morgan fingerprint density at radius 1 is 1.17 bits per heavy atom. The molecule has 1 heterocycles. The number of aryl methyl sites for hydroxylation is 1. The second-order valence-electron chi connectivity index (χ2n) is 5.88. The maximum absolute atomic E-state index is 12.6. The van der Waals surface area contributed by atoms with Gasteiger partial charge in [-0.2, -0.15) is 13.9 Å². The molecule has 1 amide bonds. The van der Waals surface area contributed by atoms with Crippen molar-refractivity contribution in [2.75, 3.05) is 14.2 Å². The zero-order valence-corrected chi connectivity index (χ0v) is 15.9. The van der Waals surface area contributed by atoms with E-state index in [1.807, 2.05) is 18.2 Å². The molecule has 0 unspecified atom stereocenters. The standard InChI is InChI=1S/C20H18F2N2O5/c1-11-13-6-4-5-7-14(13)28-17(11)19(25)24-23-10-12-8-15(26-2)18(29-20(21)22)16(9-12)27-3/h4-10,20H,1-3H3,(H,24,25)/b23-10-. The van der Waals surface area contributed by atoms with E-state index in [1.165, 1.54) is 32.6 Å². The molecule has 0 bridgehead atoms. The summed E-state index contributed by atoms with van der Waals surface area (Å²) in [4.78, 5) is 12.4. The average Bonchev–Trinajstić information content (AvgIpc) is 3.05. The van der Waals surface area contributed by atoms with Gasteiger partial charge in [0.05, 0.1) is 20.4 Å². The van der Waals surface area contributed by atoms with Gasteiger partial charge in [-0.05, 0) is 25.1 Å². The third-order valence-electron chi connectivity index (χ3n) is 4.12. The summed E-state index contributed by atoms with van der Waals surface area (Å²) in [6, 6.07) is 10.1. The van der Waals surface area contributed by atoms with Crippen molar-refractivity contribution in [3.63, 3.8) is 0 Å². The lowest BCUT2D eigenvalue weighted by Crippen LogP contribution is -2.17. The molecule has 0 aliphatic carbocycles. The fourth-order valence-corrected chi connectivity index (χ4v) is 2.79. The summed E-state index contributed by atoms with van der Waals surface area (Å²) in [5.41, 5.74) is 4.11. The number of furan rings is 1. The van der Waals surface area contributed by atoms with Crippen LogP contribution in [0.1, 0.15) is 21.7 Å². The molecular formula is C20H18F2N2O5. The van der Waals surface area contributed by atoms with Gasteiger partial charge < -0.3 is 18.6 Å². The summed E-state index contributed by atoms with van der Waals surface area (Å²) in [7, 11) is 2.61. The normalized spacial score (nSPS) is 11.2. The SMILES string of the molecule is COc1cc(/C=N\NC(=O)c2oc3ccccc3c2C)cc(OC)c1OC(F)F. The van der Waals surface area contributed by atoms with Crippen LogP contribution in [0, 0.1) is 6.92 Å². The van der Waals surface area contributed by atoms with Crippen molar-refractivity contribution in [2.24, 2.45) is 5.10 Å². The summed E-state index contributed by atoms with van der Waals surface area (Å²) < 4.78 is 45.4. The molecule has 1 N–H and O–H groups in total. The Labute approximate surface area is 164 Å². The minimum atomic E-state index is -3.04. The van der Waals surface area contributed by atoms with Crippen molar-refractivity contribution >= 4 is 23.1 Å². The number of ether oxygens (including phenoxy) is 3. The molecule has 2 aromatic carbocycles. The number of nitrogens with zero attached hydrogens (tertiary/aromatic N) is 1. The maximum atomic E-state index is 12.6. The Hall–Kier alpha value is -3.62. The first-order valence-electron chi connectivity index (χ1n) is 8.47. The van der Waals surface area contributed by atoms with Crippen LogP contribution in [0.15, 0.2) is 45.9 Å². The van der Waals surface area contributed by atoms with Crippen LogP contribution in [0.5, 0.6) is 17.2 Å². The molecule has 152 valence electrons. The molecule has 0 saturated heterocycles. The van der Waals surface area contributed by atoms with Gasteiger partial charge in [-0.25, -0.2) is 5.43 Å². The smallest absolute Gasteiger partial charge is 0.387 e. The number of carbonyl (C=O) groups is 1. The minimum absolute atomic E-state index is 0.0329. The van der Waals surface area contributed by atoms with Crippen LogP contribution in [0.25, 0.3) is 11.0 Å². The second kappa shape index (κ2) is 8.59. The molecule has 9 heteroatoms. The summed E-state index contributed by atoms with van der Waals surface area (Å²) in [5.74, 6) is -0.536. The lowest BCUT2D eigenvalue weighted by molar-refractivity contribution is -0.0526.